The summed E-state index contributed by atoms with van der Waals surface area (Å²) in [5.74, 6) is -1.62. The van der Waals surface area contributed by atoms with E-state index in [0.29, 0.717) is 27.5 Å². The molecule has 15 nitrogen and oxygen atoms in total. The van der Waals surface area contributed by atoms with Gasteiger partial charge in [0.2, 0.25) is 0 Å². The molecule has 16 heteroatoms. The van der Waals surface area contributed by atoms with E-state index in [1.807, 2.05) is 56.3 Å². The number of aryl methyl sites for hydroxylation is 3. The van der Waals surface area contributed by atoms with E-state index in [0.717, 1.165) is 27.8 Å². The molecule has 0 saturated carbocycles. The van der Waals surface area contributed by atoms with Crippen molar-refractivity contribution in [2.45, 2.75) is 105 Å². The molecule has 4 N–H and O–H groups in total. The van der Waals surface area contributed by atoms with Crippen LogP contribution in [0.3, 0.4) is 0 Å². The fourth-order valence-corrected chi connectivity index (χ4v) is 6.32. The lowest BCUT2D eigenvalue weighted by Gasteiger charge is -2.21. The number of hydrogen-bond acceptors (Lipinski definition) is 11. The number of methoxy groups -OCH3 is 2. The monoisotopic (exact) mass is 902 g/mol. The van der Waals surface area contributed by atoms with Crippen molar-refractivity contribution in [2.24, 2.45) is 0 Å². The maximum atomic E-state index is 12.8. The fraction of sp³-hybridized carbons (Fsp3) is 0.375. The molecule has 0 radical (unpaired) electrons. The molecule has 2 unspecified atom stereocenters. The molecule has 4 amide bonds. The van der Waals surface area contributed by atoms with Gasteiger partial charge in [-0.25, -0.2) is 24.0 Å². The zero-order chi connectivity index (χ0) is 47.8. The summed E-state index contributed by atoms with van der Waals surface area (Å²) in [5, 5.41) is 11.0. The standard InChI is InChI=1S/C24H29ClN2O5.C24H30N2O6/c1-14-8-7-9-17(25)20(14)21(28)26-19(22(29)31-6)13-16-10-11-18(15(2)12-16)27-23(30)32-24(3,4)5;1-16-13-18(11-12-19(16)25-23(29)32-24(2,3)4)14-20(21(27)30-5)26-22(28)31-15-17-9-7-6-8-10-17/h7-12,19H,13H2,1-6H3,(H,26,28)(H,27,30);6-13,20H,14-15H2,1-5H3,(H,25,29)(H,26,28). The van der Waals surface area contributed by atoms with Crippen molar-refractivity contribution in [3.05, 3.63) is 129 Å². The van der Waals surface area contributed by atoms with Gasteiger partial charge in [-0.1, -0.05) is 78.3 Å². The first-order chi connectivity index (χ1) is 30.0. The number of alkyl carbamates (subject to hydrolysis) is 1. The molecule has 4 aromatic rings. The number of amides is 4. The predicted octanol–water partition coefficient (Wildman–Crippen LogP) is 9.17. The van der Waals surface area contributed by atoms with Crippen LogP contribution in [0.15, 0.2) is 84.9 Å². The first kappa shape index (κ1) is 51.7. The van der Waals surface area contributed by atoms with Crippen LogP contribution in [-0.2, 0) is 52.7 Å². The van der Waals surface area contributed by atoms with E-state index in [2.05, 4.69) is 21.3 Å². The molecule has 344 valence electrons. The van der Waals surface area contributed by atoms with Gasteiger partial charge in [-0.05, 0) is 114 Å². The lowest BCUT2D eigenvalue weighted by Crippen LogP contribution is -2.43. The molecule has 0 spiro atoms. The minimum Gasteiger partial charge on any atom is -0.467 e. The minimum atomic E-state index is -0.924. The third-order valence-corrected chi connectivity index (χ3v) is 9.28. The average molecular weight is 903 g/mol. The Morgan fingerprint density at radius 3 is 1.45 bits per heavy atom. The highest BCUT2D eigenvalue weighted by Crippen LogP contribution is 2.23. The van der Waals surface area contributed by atoms with E-state index in [-0.39, 0.29) is 19.4 Å². The minimum absolute atomic E-state index is 0.0880. The lowest BCUT2D eigenvalue weighted by atomic mass is 10.0. The van der Waals surface area contributed by atoms with E-state index in [1.54, 1.807) is 90.9 Å². The van der Waals surface area contributed by atoms with Crippen molar-refractivity contribution in [3.63, 3.8) is 0 Å². The quantitative estimate of drug-likeness (QED) is 0.0738. The van der Waals surface area contributed by atoms with E-state index in [4.69, 9.17) is 35.3 Å². The zero-order valence-corrected chi connectivity index (χ0v) is 39.0. The first-order valence-corrected chi connectivity index (χ1v) is 20.7. The Balaban J connectivity index is 0.000000340. The summed E-state index contributed by atoms with van der Waals surface area (Å²) in [6.07, 6.45) is -1.42. The smallest absolute Gasteiger partial charge is 0.412 e. The van der Waals surface area contributed by atoms with Crippen LogP contribution in [0.4, 0.5) is 25.8 Å². The summed E-state index contributed by atoms with van der Waals surface area (Å²) in [4.78, 5) is 73.6. The van der Waals surface area contributed by atoms with E-state index in [1.165, 1.54) is 14.2 Å². The maximum absolute atomic E-state index is 12.8. The highest BCUT2D eigenvalue weighted by Gasteiger charge is 2.26. The van der Waals surface area contributed by atoms with Crippen LogP contribution in [-0.4, -0.2) is 73.6 Å². The van der Waals surface area contributed by atoms with Gasteiger partial charge in [-0.15, -0.1) is 0 Å². The summed E-state index contributed by atoms with van der Waals surface area (Å²) >= 11 is 6.18. The SMILES string of the molecule is COC(=O)C(Cc1ccc(NC(=O)OC(C)(C)C)c(C)c1)NC(=O)OCc1ccccc1.COC(=O)C(Cc1ccc(NC(=O)OC(C)(C)C)c(C)c1)NC(=O)c1c(C)cccc1Cl. The number of carbonyl (C=O) groups is 6. The second kappa shape index (κ2) is 23.7. The third kappa shape index (κ3) is 17.6. The topological polar surface area (TPSA) is 197 Å². The van der Waals surface area contributed by atoms with Gasteiger partial charge in [-0.3, -0.25) is 15.4 Å². The third-order valence-electron chi connectivity index (χ3n) is 8.96. The number of esters is 2. The lowest BCUT2D eigenvalue weighted by molar-refractivity contribution is -0.143. The van der Waals surface area contributed by atoms with Crippen LogP contribution in [0.1, 0.15) is 85.3 Å². The second-order valence-electron chi connectivity index (χ2n) is 16.7. The summed E-state index contributed by atoms with van der Waals surface area (Å²) < 4.78 is 25.4. The van der Waals surface area contributed by atoms with E-state index in [9.17, 15) is 28.8 Å². The Labute approximate surface area is 379 Å². The Morgan fingerprint density at radius 2 is 1.03 bits per heavy atom. The van der Waals surface area contributed by atoms with Crippen LogP contribution in [0.25, 0.3) is 0 Å². The molecule has 0 bridgehead atoms. The zero-order valence-electron chi connectivity index (χ0n) is 38.2. The van der Waals surface area contributed by atoms with Crippen molar-refractivity contribution < 1.29 is 52.5 Å². The Hall–Kier alpha value is -6.61. The number of nitrogens with one attached hydrogen (secondary N) is 4. The highest BCUT2D eigenvalue weighted by molar-refractivity contribution is 6.34. The van der Waals surface area contributed by atoms with Gasteiger partial charge in [0.1, 0.15) is 29.9 Å². The molecule has 0 fully saturated rings. The maximum Gasteiger partial charge on any atom is 0.412 e. The molecule has 0 aliphatic rings. The molecule has 0 heterocycles. The van der Waals surface area contributed by atoms with E-state index >= 15 is 0 Å². The van der Waals surface area contributed by atoms with E-state index < -0.39 is 59.4 Å². The van der Waals surface area contributed by atoms with Crippen molar-refractivity contribution in [3.8, 4) is 0 Å². The molecule has 2 atom stereocenters. The highest BCUT2D eigenvalue weighted by atomic mass is 35.5. The number of rotatable bonds is 13. The van der Waals surface area contributed by atoms with Gasteiger partial charge in [0, 0.05) is 24.2 Å². The van der Waals surface area contributed by atoms with Crippen molar-refractivity contribution in [1.82, 2.24) is 10.6 Å². The van der Waals surface area contributed by atoms with Gasteiger partial charge in [-0.2, -0.15) is 0 Å². The predicted molar refractivity (Wildman–Crippen MR) is 245 cm³/mol. The number of hydrogen-bond donors (Lipinski definition) is 4. The molecule has 64 heavy (non-hydrogen) atoms. The van der Waals surface area contributed by atoms with Gasteiger partial charge in [0.05, 0.1) is 24.8 Å². The number of anilines is 2. The van der Waals surface area contributed by atoms with Gasteiger partial charge < -0.3 is 34.3 Å². The molecule has 0 aliphatic carbocycles. The van der Waals surface area contributed by atoms with Crippen LogP contribution < -0.4 is 21.3 Å². The van der Waals surface area contributed by atoms with Crippen LogP contribution in [0.5, 0.6) is 0 Å². The molecule has 0 saturated heterocycles. The van der Waals surface area contributed by atoms with Crippen molar-refractivity contribution in [1.29, 1.82) is 0 Å². The average Bonchev–Trinajstić information content (AvgIpc) is 3.20. The summed E-state index contributed by atoms with van der Waals surface area (Å²) in [5.41, 5.74) is 4.94. The number of halogens is 1. The Bertz CT molecular complexity index is 2250. The first-order valence-electron chi connectivity index (χ1n) is 20.4. The molecular formula is C48H59ClN4O11. The Morgan fingerprint density at radius 1 is 0.562 bits per heavy atom. The summed E-state index contributed by atoms with van der Waals surface area (Å²) in [6.45, 7) is 16.2. The van der Waals surface area contributed by atoms with Crippen molar-refractivity contribution >= 4 is 59.1 Å². The Kier molecular flexibility index (Phi) is 19.2. The fourth-order valence-electron chi connectivity index (χ4n) is 6.01. The van der Waals surface area contributed by atoms with Gasteiger partial charge in [0.25, 0.3) is 5.91 Å². The van der Waals surface area contributed by atoms with Crippen LogP contribution in [0, 0.1) is 20.8 Å². The summed E-state index contributed by atoms with van der Waals surface area (Å²) in [6, 6.07) is 23.2. The number of carbonyl (C=O) groups excluding carboxylic acids is 6. The number of benzene rings is 4. The summed E-state index contributed by atoms with van der Waals surface area (Å²) in [7, 11) is 2.52. The van der Waals surface area contributed by atoms with Crippen molar-refractivity contribution in [2.75, 3.05) is 24.9 Å². The number of ether oxygens (including phenoxy) is 5. The molecule has 4 rings (SSSR count). The largest absolute Gasteiger partial charge is 0.467 e. The van der Waals surface area contributed by atoms with Gasteiger partial charge in [0.15, 0.2) is 0 Å². The van der Waals surface area contributed by atoms with Crippen LogP contribution >= 0.6 is 11.6 Å². The normalized spacial score (nSPS) is 11.9. The van der Waals surface area contributed by atoms with Gasteiger partial charge >= 0.3 is 30.2 Å². The molecule has 4 aromatic carbocycles. The molecule has 0 aromatic heterocycles. The second-order valence-corrected chi connectivity index (χ2v) is 17.1. The molecular weight excluding hydrogens is 844 g/mol. The van der Waals surface area contributed by atoms with Crippen LogP contribution in [0.2, 0.25) is 5.02 Å². The molecule has 0 aliphatic heterocycles.